The minimum atomic E-state index is -0.658. The monoisotopic (exact) mass is 165 g/mol. The van der Waals surface area contributed by atoms with Crippen LogP contribution in [-0.2, 0) is 0 Å². The Bertz CT molecular complexity index is 479. The standard InChI is InChI=1S/C7H4FN3O/c8-5-3-9-7-4(10-5)1-2-6(12)11-7/h1-3H,(H,9,11,12). The van der Waals surface area contributed by atoms with Gasteiger partial charge in [0.1, 0.15) is 5.52 Å². The van der Waals surface area contributed by atoms with Gasteiger partial charge in [-0.1, -0.05) is 0 Å². The summed E-state index contributed by atoms with van der Waals surface area (Å²) in [6.45, 7) is 0. The first-order valence-electron chi connectivity index (χ1n) is 3.27. The lowest BCUT2D eigenvalue weighted by molar-refractivity contribution is 0.582. The molecule has 2 rings (SSSR count). The van der Waals surface area contributed by atoms with E-state index in [-0.39, 0.29) is 5.56 Å². The van der Waals surface area contributed by atoms with Crippen molar-refractivity contribution in [1.29, 1.82) is 0 Å². The fourth-order valence-corrected chi connectivity index (χ4v) is 0.906. The number of pyridine rings is 1. The summed E-state index contributed by atoms with van der Waals surface area (Å²) >= 11 is 0. The molecule has 0 unspecified atom stereocenters. The average Bonchev–Trinajstić information content (AvgIpc) is 2.05. The lowest BCUT2D eigenvalue weighted by Crippen LogP contribution is -2.04. The molecule has 0 aromatic carbocycles. The molecule has 12 heavy (non-hydrogen) atoms. The fraction of sp³-hybridized carbons (Fsp3) is 0. The molecule has 0 bridgehead atoms. The third-order valence-electron chi connectivity index (χ3n) is 1.40. The van der Waals surface area contributed by atoms with Crippen molar-refractivity contribution in [2.45, 2.75) is 0 Å². The number of hydrogen-bond acceptors (Lipinski definition) is 3. The Morgan fingerprint density at radius 2 is 2.25 bits per heavy atom. The van der Waals surface area contributed by atoms with Gasteiger partial charge in [-0.2, -0.15) is 4.39 Å². The maximum absolute atomic E-state index is 12.5. The molecule has 0 saturated heterocycles. The van der Waals surface area contributed by atoms with Crippen LogP contribution in [0.5, 0.6) is 0 Å². The molecule has 0 aliphatic carbocycles. The highest BCUT2D eigenvalue weighted by atomic mass is 19.1. The van der Waals surface area contributed by atoms with Crippen LogP contribution in [0.4, 0.5) is 4.39 Å². The number of hydrogen-bond donors (Lipinski definition) is 1. The number of aromatic nitrogens is 3. The number of nitrogens with zero attached hydrogens (tertiary/aromatic N) is 2. The van der Waals surface area contributed by atoms with E-state index in [4.69, 9.17) is 0 Å². The summed E-state index contributed by atoms with van der Waals surface area (Å²) in [5.41, 5.74) is 0.363. The molecule has 0 spiro atoms. The Hall–Kier alpha value is -1.78. The van der Waals surface area contributed by atoms with Crippen molar-refractivity contribution in [1.82, 2.24) is 15.0 Å². The van der Waals surface area contributed by atoms with Gasteiger partial charge in [0.25, 0.3) is 0 Å². The second-order valence-electron chi connectivity index (χ2n) is 2.25. The van der Waals surface area contributed by atoms with Gasteiger partial charge >= 0.3 is 0 Å². The molecule has 0 fully saturated rings. The largest absolute Gasteiger partial charge is 0.305 e. The molecule has 4 nitrogen and oxygen atoms in total. The summed E-state index contributed by atoms with van der Waals surface area (Å²) in [6.07, 6.45) is 0.957. The zero-order valence-corrected chi connectivity index (χ0v) is 5.91. The van der Waals surface area contributed by atoms with E-state index < -0.39 is 5.95 Å². The number of halogens is 1. The maximum atomic E-state index is 12.5. The minimum Gasteiger partial charge on any atom is -0.305 e. The molecular formula is C7H4FN3O. The molecule has 2 aromatic rings. The Kier molecular flexibility index (Phi) is 1.36. The van der Waals surface area contributed by atoms with E-state index in [0.29, 0.717) is 11.2 Å². The van der Waals surface area contributed by atoms with Gasteiger partial charge in [-0.25, -0.2) is 9.97 Å². The van der Waals surface area contributed by atoms with Crippen molar-refractivity contribution in [3.63, 3.8) is 0 Å². The van der Waals surface area contributed by atoms with E-state index in [2.05, 4.69) is 15.0 Å². The lowest BCUT2D eigenvalue weighted by Gasteiger charge is -1.93. The van der Waals surface area contributed by atoms with Crippen molar-refractivity contribution in [3.05, 3.63) is 34.6 Å². The Morgan fingerprint density at radius 3 is 3.08 bits per heavy atom. The first-order valence-corrected chi connectivity index (χ1v) is 3.27. The number of fused-ring (bicyclic) bond motifs is 1. The second-order valence-corrected chi connectivity index (χ2v) is 2.25. The van der Waals surface area contributed by atoms with E-state index in [1.807, 2.05) is 0 Å². The van der Waals surface area contributed by atoms with Crippen molar-refractivity contribution in [2.24, 2.45) is 0 Å². The van der Waals surface area contributed by atoms with Gasteiger partial charge < -0.3 is 4.98 Å². The maximum Gasteiger partial charge on any atom is 0.249 e. The lowest BCUT2D eigenvalue weighted by atomic mass is 10.4. The highest BCUT2D eigenvalue weighted by molar-refractivity contribution is 5.68. The SMILES string of the molecule is O=c1ccc2nc(F)cnc2[nH]1. The van der Waals surface area contributed by atoms with Crippen molar-refractivity contribution < 1.29 is 4.39 Å². The number of nitrogens with one attached hydrogen (secondary N) is 1. The van der Waals surface area contributed by atoms with Gasteiger partial charge in [0.05, 0.1) is 6.20 Å². The van der Waals surface area contributed by atoms with E-state index in [9.17, 15) is 9.18 Å². The molecular weight excluding hydrogens is 161 g/mol. The summed E-state index contributed by atoms with van der Waals surface area (Å²) in [7, 11) is 0. The van der Waals surface area contributed by atoms with E-state index >= 15 is 0 Å². The van der Waals surface area contributed by atoms with Gasteiger partial charge in [-0.05, 0) is 6.07 Å². The van der Waals surface area contributed by atoms with Crippen molar-refractivity contribution in [2.75, 3.05) is 0 Å². The summed E-state index contributed by atoms with van der Waals surface area (Å²) in [4.78, 5) is 20.3. The third kappa shape index (κ3) is 1.05. The first kappa shape index (κ1) is 6.90. The predicted molar refractivity (Wildman–Crippen MR) is 40.1 cm³/mol. The molecule has 60 valence electrons. The van der Waals surface area contributed by atoms with Crippen LogP contribution in [-0.4, -0.2) is 15.0 Å². The van der Waals surface area contributed by atoms with Gasteiger partial charge in [0.2, 0.25) is 11.5 Å². The van der Waals surface area contributed by atoms with Crippen LogP contribution in [0.1, 0.15) is 0 Å². The Morgan fingerprint density at radius 1 is 1.42 bits per heavy atom. The number of aromatic amines is 1. The van der Waals surface area contributed by atoms with Crippen LogP contribution >= 0.6 is 0 Å². The summed E-state index contributed by atoms with van der Waals surface area (Å²) < 4.78 is 12.5. The molecule has 0 aliphatic rings. The third-order valence-corrected chi connectivity index (χ3v) is 1.40. The fourth-order valence-electron chi connectivity index (χ4n) is 0.906. The van der Waals surface area contributed by atoms with Gasteiger partial charge in [-0.15, -0.1) is 0 Å². The van der Waals surface area contributed by atoms with Crippen LogP contribution in [0.3, 0.4) is 0 Å². The number of H-pyrrole nitrogens is 1. The molecule has 2 aromatic heterocycles. The summed E-state index contributed by atoms with van der Waals surface area (Å²) in [5.74, 6) is -0.658. The highest BCUT2D eigenvalue weighted by Gasteiger charge is 1.97. The van der Waals surface area contributed by atoms with Crippen LogP contribution < -0.4 is 5.56 Å². The highest BCUT2D eigenvalue weighted by Crippen LogP contribution is 2.01. The molecule has 5 heteroatoms. The molecule has 0 amide bonds. The smallest absolute Gasteiger partial charge is 0.249 e. The predicted octanol–water partition coefficient (Wildman–Crippen LogP) is 0.457. The van der Waals surface area contributed by atoms with Crippen LogP contribution in [0.25, 0.3) is 11.2 Å². The van der Waals surface area contributed by atoms with Crippen molar-refractivity contribution >= 4 is 11.2 Å². The summed E-state index contributed by atoms with van der Waals surface area (Å²) in [6, 6.07) is 2.70. The Labute approximate surface area is 66.1 Å². The molecule has 0 atom stereocenters. The van der Waals surface area contributed by atoms with Gasteiger partial charge in [0.15, 0.2) is 5.65 Å². The van der Waals surface area contributed by atoms with Crippen LogP contribution in [0, 0.1) is 5.95 Å². The van der Waals surface area contributed by atoms with Gasteiger partial charge in [-0.3, -0.25) is 4.79 Å². The van der Waals surface area contributed by atoms with Crippen LogP contribution in [0.2, 0.25) is 0 Å². The topological polar surface area (TPSA) is 58.6 Å². The first-order chi connectivity index (χ1) is 5.75. The zero-order valence-electron chi connectivity index (χ0n) is 5.91. The molecule has 0 saturated carbocycles. The molecule has 2 heterocycles. The zero-order chi connectivity index (χ0) is 8.55. The molecule has 1 N–H and O–H groups in total. The van der Waals surface area contributed by atoms with Crippen LogP contribution in [0.15, 0.2) is 23.1 Å². The quantitative estimate of drug-likeness (QED) is 0.616. The van der Waals surface area contributed by atoms with E-state index in [1.165, 1.54) is 12.1 Å². The molecule has 0 aliphatic heterocycles. The Balaban J connectivity index is 2.87. The van der Waals surface area contributed by atoms with Gasteiger partial charge in [0, 0.05) is 6.07 Å². The summed E-state index contributed by atoms with van der Waals surface area (Å²) in [5, 5.41) is 0. The van der Waals surface area contributed by atoms with E-state index in [0.717, 1.165) is 6.20 Å². The normalized spacial score (nSPS) is 10.4. The molecule has 0 radical (unpaired) electrons. The van der Waals surface area contributed by atoms with Crippen molar-refractivity contribution in [3.8, 4) is 0 Å². The average molecular weight is 165 g/mol. The van der Waals surface area contributed by atoms with E-state index in [1.54, 1.807) is 0 Å². The second kappa shape index (κ2) is 2.37. The number of rotatable bonds is 0. The minimum absolute atomic E-state index is 0.275.